The lowest BCUT2D eigenvalue weighted by atomic mass is 10.0. The van der Waals surface area contributed by atoms with Gasteiger partial charge in [-0.05, 0) is 12.1 Å². The van der Waals surface area contributed by atoms with Crippen LogP contribution in [0.3, 0.4) is 0 Å². The number of alkyl halides is 3. The van der Waals surface area contributed by atoms with Crippen LogP contribution in [0.25, 0.3) is 0 Å². The van der Waals surface area contributed by atoms with E-state index in [1.165, 1.54) is 30.2 Å². The Hall–Kier alpha value is -1.47. The third-order valence-electron chi connectivity index (χ3n) is 3.36. The number of nitrogens with one attached hydrogen (secondary N) is 1. The molecule has 1 saturated heterocycles. The Balaban J connectivity index is 2.46. The molecule has 112 valence electrons. The molecule has 4 nitrogen and oxygen atoms in total. The van der Waals surface area contributed by atoms with Crippen LogP contribution in [0, 0.1) is 0 Å². The molecule has 7 heteroatoms. The second-order valence-corrected chi connectivity index (χ2v) is 4.62. The SMILES string of the molecule is COc1cccc(O)c1[C@@H](N1CCNCC1)C(F)(F)F. The molecule has 0 aliphatic carbocycles. The molecule has 2 N–H and O–H groups in total. The molecule has 1 aromatic carbocycles. The largest absolute Gasteiger partial charge is 0.507 e. The average Bonchev–Trinajstić information content (AvgIpc) is 2.40. The highest BCUT2D eigenvalue weighted by molar-refractivity contribution is 5.46. The summed E-state index contributed by atoms with van der Waals surface area (Å²) in [5, 5.41) is 12.9. The van der Waals surface area contributed by atoms with Gasteiger partial charge in [0.15, 0.2) is 0 Å². The third-order valence-corrected chi connectivity index (χ3v) is 3.36. The van der Waals surface area contributed by atoms with Gasteiger partial charge in [0.25, 0.3) is 0 Å². The molecule has 0 aromatic heterocycles. The Morgan fingerprint density at radius 1 is 1.30 bits per heavy atom. The van der Waals surface area contributed by atoms with Crippen molar-refractivity contribution in [1.82, 2.24) is 10.2 Å². The van der Waals surface area contributed by atoms with Crippen molar-refractivity contribution in [2.24, 2.45) is 0 Å². The molecule has 0 amide bonds. The molecule has 1 aliphatic heterocycles. The predicted molar refractivity (Wildman–Crippen MR) is 67.9 cm³/mol. The predicted octanol–water partition coefficient (Wildman–Crippen LogP) is 1.91. The standard InChI is InChI=1S/C13H17F3N2O2/c1-20-10-4-2-3-9(19)11(10)12(13(14,15)16)18-7-5-17-6-8-18/h2-4,12,17,19H,5-8H2,1H3/t12-/m1/s1. The summed E-state index contributed by atoms with van der Waals surface area (Å²) in [5.74, 6) is -0.351. The molecule has 0 radical (unpaired) electrons. The topological polar surface area (TPSA) is 44.7 Å². The quantitative estimate of drug-likeness (QED) is 0.892. The van der Waals surface area contributed by atoms with E-state index in [2.05, 4.69) is 5.32 Å². The molecule has 1 heterocycles. The molecule has 0 spiro atoms. The molecule has 1 atom stereocenters. The van der Waals surface area contributed by atoms with Gasteiger partial charge in [0.05, 0.1) is 12.7 Å². The molecule has 1 aromatic rings. The number of aromatic hydroxyl groups is 1. The van der Waals surface area contributed by atoms with Gasteiger partial charge >= 0.3 is 6.18 Å². The first-order valence-electron chi connectivity index (χ1n) is 6.32. The van der Waals surface area contributed by atoms with E-state index in [4.69, 9.17) is 4.74 Å². The fourth-order valence-electron chi connectivity index (χ4n) is 2.48. The van der Waals surface area contributed by atoms with E-state index in [1.807, 2.05) is 0 Å². The number of benzene rings is 1. The first-order chi connectivity index (χ1) is 9.45. The van der Waals surface area contributed by atoms with Crippen LogP contribution in [0.1, 0.15) is 11.6 Å². The van der Waals surface area contributed by atoms with Gasteiger partial charge in [-0.25, -0.2) is 0 Å². The lowest BCUT2D eigenvalue weighted by Gasteiger charge is -2.36. The molecular weight excluding hydrogens is 273 g/mol. The summed E-state index contributed by atoms with van der Waals surface area (Å²) >= 11 is 0. The van der Waals surface area contributed by atoms with E-state index >= 15 is 0 Å². The molecule has 0 unspecified atom stereocenters. The van der Waals surface area contributed by atoms with Gasteiger partial charge in [-0.1, -0.05) is 6.07 Å². The Morgan fingerprint density at radius 3 is 2.50 bits per heavy atom. The van der Waals surface area contributed by atoms with Gasteiger partial charge in [0, 0.05) is 26.2 Å². The normalized spacial score (nSPS) is 18.8. The van der Waals surface area contributed by atoms with Crippen LogP contribution in [0.15, 0.2) is 18.2 Å². The number of nitrogens with zero attached hydrogens (tertiary/aromatic N) is 1. The van der Waals surface area contributed by atoms with Crippen LogP contribution in [-0.4, -0.2) is 49.5 Å². The van der Waals surface area contributed by atoms with Gasteiger partial charge in [0.1, 0.15) is 17.5 Å². The van der Waals surface area contributed by atoms with Crippen LogP contribution >= 0.6 is 0 Å². The van der Waals surface area contributed by atoms with Crippen molar-refractivity contribution in [2.75, 3.05) is 33.3 Å². The number of hydrogen-bond donors (Lipinski definition) is 2. The number of piperazine rings is 1. The van der Waals surface area contributed by atoms with Crippen molar-refractivity contribution in [2.45, 2.75) is 12.2 Å². The molecular formula is C13H17F3N2O2. The van der Waals surface area contributed by atoms with Gasteiger partial charge in [0.2, 0.25) is 0 Å². The van der Waals surface area contributed by atoms with Gasteiger partial charge in [-0.3, -0.25) is 4.90 Å². The minimum atomic E-state index is -4.48. The van der Waals surface area contributed by atoms with E-state index in [9.17, 15) is 18.3 Å². The summed E-state index contributed by atoms with van der Waals surface area (Å²) in [4.78, 5) is 1.31. The maximum atomic E-state index is 13.5. The van der Waals surface area contributed by atoms with Crippen LogP contribution in [0.4, 0.5) is 13.2 Å². The van der Waals surface area contributed by atoms with Crippen LogP contribution in [0.5, 0.6) is 11.5 Å². The average molecular weight is 290 g/mol. The summed E-state index contributed by atoms with van der Waals surface area (Å²) in [5.41, 5.74) is -0.218. The summed E-state index contributed by atoms with van der Waals surface area (Å²) in [6, 6.07) is 2.28. The fraction of sp³-hybridized carbons (Fsp3) is 0.538. The number of halogens is 3. The number of hydrogen-bond acceptors (Lipinski definition) is 4. The zero-order chi connectivity index (χ0) is 14.8. The first kappa shape index (κ1) is 14.9. The number of methoxy groups -OCH3 is 1. The number of rotatable bonds is 3. The maximum absolute atomic E-state index is 13.5. The monoisotopic (exact) mass is 290 g/mol. The Kier molecular flexibility index (Phi) is 4.39. The van der Waals surface area contributed by atoms with E-state index in [1.54, 1.807) is 0 Å². The van der Waals surface area contributed by atoms with Gasteiger partial charge in [-0.15, -0.1) is 0 Å². The third kappa shape index (κ3) is 2.99. The second kappa shape index (κ2) is 5.88. The van der Waals surface area contributed by atoms with E-state index in [0.29, 0.717) is 13.1 Å². The Bertz CT molecular complexity index is 459. The summed E-state index contributed by atoms with van der Waals surface area (Å²) in [7, 11) is 1.30. The smallest absolute Gasteiger partial charge is 0.408 e. The van der Waals surface area contributed by atoms with Crippen LogP contribution in [0.2, 0.25) is 0 Å². The van der Waals surface area contributed by atoms with Crippen molar-refractivity contribution in [3.05, 3.63) is 23.8 Å². The van der Waals surface area contributed by atoms with Gasteiger partial charge in [-0.2, -0.15) is 13.2 Å². The number of phenolic OH excluding ortho intramolecular Hbond substituents is 1. The number of phenols is 1. The van der Waals surface area contributed by atoms with Crippen LogP contribution < -0.4 is 10.1 Å². The first-order valence-corrected chi connectivity index (χ1v) is 6.32. The number of ether oxygens (including phenoxy) is 1. The van der Waals surface area contributed by atoms with Crippen LogP contribution in [-0.2, 0) is 0 Å². The van der Waals surface area contributed by atoms with Crippen molar-refractivity contribution in [3.8, 4) is 11.5 Å². The van der Waals surface area contributed by atoms with Crippen molar-refractivity contribution in [3.63, 3.8) is 0 Å². The highest BCUT2D eigenvalue weighted by atomic mass is 19.4. The van der Waals surface area contributed by atoms with Crippen molar-refractivity contribution >= 4 is 0 Å². The molecule has 2 rings (SSSR count). The van der Waals surface area contributed by atoms with Crippen molar-refractivity contribution < 1.29 is 23.0 Å². The molecule has 0 saturated carbocycles. The summed E-state index contributed by atoms with van der Waals surface area (Å²) in [6.45, 7) is 1.51. The lowest BCUT2D eigenvalue weighted by molar-refractivity contribution is -0.188. The minimum Gasteiger partial charge on any atom is -0.507 e. The lowest BCUT2D eigenvalue weighted by Crippen LogP contribution is -2.49. The molecule has 1 fully saturated rings. The Morgan fingerprint density at radius 2 is 1.95 bits per heavy atom. The fourth-order valence-corrected chi connectivity index (χ4v) is 2.48. The maximum Gasteiger partial charge on any atom is 0.408 e. The van der Waals surface area contributed by atoms with Gasteiger partial charge < -0.3 is 15.2 Å². The zero-order valence-corrected chi connectivity index (χ0v) is 11.1. The highest BCUT2D eigenvalue weighted by Crippen LogP contribution is 2.45. The van der Waals surface area contributed by atoms with Crippen molar-refractivity contribution in [1.29, 1.82) is 0 Å². The molecule has 20 heavy (non-hydrogen) atoms. The zero-order valence-electron chi connectivity index (χ0n) is 11.1. The van der Waals surface area contributed by atoms with E-state index < -0.39 is 18.0 Å². The molecule has 0 bridgehead atoms. The minimum absolute atomic E-state index is 0.0471. The van der Waals surface area contributed by atoms with E-state index in [0.717, 1.165) is 0 Å². The molecule has 1 aliphatic rings. The Labute approximate surface area is 115 Å². The highest BCUT2D eigenvalue weighted by Gasteiger charge is 2.47. The second-order valence-electron chi connectivity index (χ2n) is 4.62. The summed E-state index contributed by atoms with van der Waals surface area (Å²) in [6.07, 6.45) is -4.48. The van der Waals surface area contributed by atoms with E-state index in [-0.39, 0.29) is 24.4 Å². The summed E-state index contributed by atoms with van der Waals surface area (Å²) < 4.78 is 45.4.